The first-order valence-corrected chi connectivity index (χ1v) is 7.54. The van der Waals surface area contributed by atoms with Crippen molar-refractivity contribution in [3.05, 3.63) is 65.5 Å². The molecule has 0 aliphatic rings. The summed E-state index contributed by atoms with van der Waals surface area (Å²) in [6.45, 7) is 3.85. The van der Waals surface area contributed by atoms with Gasteiger partial charge in [-0.3, -0.25) is 9.78 Å². The lowest BCUT2D eigenvalue weighted by atomic mass is 10.1. The lowest BCUT2D eigenvalue weighted by Gasteiger charge is -2.17. The molecule has 2 rings (SSSR count). The van der Waals surface area contributed by atoms with Crippen molar-refractivity contribution in [1.29, 1.82) is 0 Å². The molecule has 1 N–H and O–H groups in total. The van der Waals surface area contributed by atoms with Crippen LogP contribution in [-0.4, -0.2) is 29.5 Å². The van der Waals surface area contributed by atoms with Gasteiger partial charge in [-0.2, -0.15) is 0 Å². The van der Waals surface area contributed by atoms with Crippen molar-refractivity contribution < 1.29 is 14.3 Å². The van der Waals surface area contributed by atoms with Gasteiger partial charge in [0.1, 0.15) is 6.04 Å². The van der Waals surface area contributed by atoms with Crippen LogP contribution in [0.15, 0.2) is 48.7 Å². The molecule has 0 spiro atoms. The number of rotatable bonds is 6. The van der Waals surface area contributed by atoms with Crippen molar-refractivity contribution in [1.82, 2.24) is 10.3 Å². The summed E-state index contributed by atoms with van der Waals surface area (Å²) in [4.78, 5) is 28.5. The Kier molecular flexibility index (Phi) is 5.86. The van der Waals surface area contributed by atoms with E-state index < -0.39 is 12.0 Å². The van der Waals surface area contributed by atoms with Crippen LogP contribution < -0.4 is 5.32 Å². The van der Waals surface area contributed by atoms with E-state index in [2.05, 4.69) is 10.3 Å². The minimum absolute atomic E-state index is 0.270. The van der Waals surface area contributed by atoms with Gasteiger partial charge in [0.25, 0.3) is 5.91 Å². The zero-order valence-electron chi connectivity index (χ0n) is 13.3. The number of carbonyl (C=O) groups excluding carboxylic acids is 2. The highest BCUT2D eigenvalue weighted by atomic mass is 16.5. The van der Waals surface area contributed by atoms with Gasteiger partial charge in [-0.05, 0) is 31.5 Å². The minimum atomic E-state index is -0.730. The number of aromatic nitrogens is 1. The van der Waals surface area contributed by atoms with Crippen LogP contribution in [0.5, 0.6) is 0 Å². The molecular weight excluding hydrogens is 292 g/mol. The zero-order valence-corrected chi connectivity index (χ0v) is 13.3. The van der Waals surface area contributed by atoms with Gasteiger partial charge >= 0.3 is 5.97 Å². The quantitative estimate of drug-likeness (QED) is 0.831. The lowest BCUT2D eigenvalue weighted by molar-refractivity contribution is -0.145. The third-order valence-electron chi connectivity index (χ3n) is 3.33. The van der Waals surface area contributed by atoms with Gasteiger partial charge in [0.2, 0.25) is 0 Å². The van der Waals surface area contributed by atoms with Gasteiger partial charge in [-0.1, -0.05) is 30.3 Å². The number of hydrogen-bond donors (Lipinski definition) is 1. The SMILES string of the molecule is CCOC(=O)[C@@H](Cc1ccccc1)NC(=O)c1ccc(C)nc1. The smallest absolute Gasteiger partial charge is 0.328 e. The van der Waals surface area contributed by atoms with Crippen LogP contribution in [0.2, 0.25) is 0 Å². The molecule has 0 saturated heterocycles. The first-order chi connectivity index (χ1) is 11.1. The van der Waals surface area contributed by atoms with Crippen molar-refractivity contribution >= 4 is 11.9 Å². The van der Waals surface area contributed by atoms with Gasteiger partial charge in [-0.25, -0.2) is 4.79 Å². The molecule has 0 fully saturated rings. The van der Waals surface area contributed by atoms with E-state index in [0.717, 1.165) is 11.3 Å². The average molecular weight is 312 g/mol. The first-order valence-electron chi connectivity index (χ1n) is 7.54. The highest BCUT2D eigenvalue weighted by Crippen LogP contribution is 2.07. The summed E-state index contributed by atoms with van der Waals surface area (Å²) in [5, 5.41) is 2.73. The van der Waals surface area contributed by atoms with Crippen molar-refractivity contribution in [3.63, 3.8) is 0 Å². The molecule has 23 heavy (non-hydrogen) atoms. The Labute approximate surface area is 135 Å². The standard InChI is InChI=1S/C18H20N2O3/c1-3-23-18(22)16(11-14-7-5-4-6-8-14)20-17(21)15-10-9-13(2)19-12-15/h4-10,12,16H,3,11H2,1-2H3,(H,20,21)/t16-/m1/s1. The van der Waals surface area contributed by atoms with E-state index in [1.165, 1.54) is 6.20 Å². The predicted molar refractivity (Wildman–Crippen MR) is 87.0 cm³/mol. The molecule has 2 aromatic rings. The zero-order chi connectivity index (χ0) is 16.7. The first kappa shape index (κ1) is 16.7. The number of carbonyl (C=O) groups is 2. The van der Waals surface area contributed by atoms with E-state index >= 15 is 0 Å². The maximum absolute atomic E-state index is 12.3. The molecule has 1 heterocycles. The number of amides is 1. The molecule has 0 unspecified atom stereocenters. The molecular formula is C18H20N2O3. The Morgan fingerprint density at radius 1 is 1.17 bits per heavy atom. The van der Waals surface area contributed by atoms with Gasteiger partial charge < -0.3 is 10.1 Å². The van der Waals surface area contributed by atoms with Crippen LogP contribution in [-0.2, 0) is 16.0 Å². The molecule has 5 nitrogen and oxygen atoms in total. The Morgan fingerprint density at radius 3 is 2.52 bits per heavy atom. The van der Waals surface area contributed by atoms with E-state index in [0.29, 0.717) is 12.0 Å². The van der Waals surface area contributed by atoms with Gasteiger partial charge in [0.05, 0.1) is 12.2 Å². The van der Waals surface area contributed by atoms with Gasteiger partial charge in [-0.15, -0.1) is 0 Å². The van der Waals surface area contributed by atoms with E-state index in [1.54, 1.807) is 19.1 Å². The number of aryl methyl sites for hydroxylation is 1. The summed E-state index contributed by atoms with van der Waals surface area (Å²) in [5.74, 6) is -0.781. The third kappa shape index (κ3) is 4.92. The van der Waals surface area contributed by atoms with Crippen LogP contribution in [0.25, 0.3) is 0 Å². The molecule has 5 heteroatoms. The fourth-order valence-corrected chi connectivity index (χ4v) is 2.13. The summed E-state index contributed by atoms with van der Waals surface area (Å²) in [5.41, 5.74) is 2.19. The van der Waals surface area contributed by atoms with Crippen molar-refractivity contribution in [3.8, 4) is 0 Å². The third-order valence-corrected chi connectivity index (χ3v) is 3.33. The molecule has 1 aromatic carbocycles. The van der Waals surface area contributed by atoms with Crippen LogP contribution in [0.3, 0.4) is 0 Å². The number of nitrogens with zero attached hydrogens (tertiary/aromatic N) is 1. The highest BCUT2D eigenvalue weighted by Gasteiger charge is 2.23. The van der Waals surface area contributed by atoms with E-state index in [4.69, 9.17) is 4.74 Å². The van der Waals surface area contributed by atoms with Crippen LogP contribution in [0.1, 0.15) is 28.5 Å². The maximum atomic E-state index is 12.3. The average Bonchev–Trinajstić information content (AvgIpc) is 2.56. The van der Waals surface area contributed by atoms with Crippen LogP contribution in [0, 0.1) is 6.92 Å². The number of ether oxygens (including phenoxy) is 1. The fraction of sp³-hybridized carbons (Fsp3) is 0.278. The molecule has 120 valence electrons. The number of hydrogen-bond acceptors (Lipinski definition) is 4. The molecule has 0 bridgehead atoms. The number of benzene rings is 1. The second kappa shape index (κ2) is 8.08. The fourth-order valence-electron chi connectivity index (χ4n) is 2.13. The van der Waals surface area contributed by atoms with Gasteiger partial charge in [0.15, 0.2) is 0 Å². The van der Waals surface area contributed by atoms with Gasteiger partial charge in [0, 0.05) is 18.3 Å². The summed E-state index contributed by atoms with van der Waals surface area (Å²) >= 11 is 0. The second-order valence-corrected chi connectivity index (χ2v) is 5.16. The van der Waals surface area contributed by atoms with E-state index in [-0.39, 0.29) is 12.5 Å². The van der Waals surface area contributed by atoms with Crippen molar-refractivity contribution in [2.75, 3.05) is 6.61 Å². The topological polar surface area (TPSA) is 68.3 Å². The molecule has 1 atom stereocenters. The molecule has 1 amide bonds. The molecule has 0 aliphatic carbocycles. The van der Waals surface area contributed by atoms with Crippen molar-refractivity contribution in [2.24, 2.45) is 0 Å². The van der Waals surface area contributed by atoms with E-state index in [1.807, 2.05) is 37.3 Å². The summed E-state index contributed by atoms with van der Waals surface area (Å²) in [7, 11) is 0. The number of esters is 1. The summed E-state index contributed by atoms with van der Waals surface area (Å²) in [6, 6.07) is 12.2. The molecule has 0 radical (unpaired) electrons. The molecule has 1 aromatic heterocycles. The molecule has 0 aliphatic heterocycles. The number of pyridine rings is 1. The summed E-state index contributed by atoms with van der Waals surface area (Å²) in [6.07, 6.45) is 1.88. The van der Waals surface area contributed by atoms with Crippen LogP contribution >= 0.6 is 0 Å². The Hall–Kier alpha value is -2.69. The summed E-state index contributed by atoms with van der Waals surface area (Å²) < 4.78 is 5.06. The Morgan fingerprint density at radius 2 is 1.91 bits per heavy atom. The number of nitrogens with one attached hydrogen (secondary N) is 1. The normalized spacial score (nSPS) is 11.6. The van der Waals surface area contributed by atoms with Crippen molar-refractivity contribution in [2.45, 2.75) is 26.3 Å². The molecule has 0 saturated carbocycles. The predicted octanol–water partition coefficient (Wildman–Crippen LogP) is 2.29. The van der Waals surface area contributed by atoms with Crippen LogP contribution in [0.4, 0.5) is 0 Å². The Bertz CT molecular complexity index is 654. The second-order valence-electron chi connectivity index (χ2n) is 5.16. The Balaban J connectivity index is 2.11. The highest BCUT2D eigenvalue weighted by molar-refractivity contribution is 5.96. The minimum Gasteiger partial charge on any atom is -0.464 e. The monoisotopic (exact) mass is 312 g/mol. The maximum Gasteiger partial charge on any atom is 0.328 e. The van der Waals surface area contributed by atoms with E-state index in [9.17, 15) is 9.59 Å². The lowest BCUT2D eigenvalue weighted by Crippen LogP contribution is -2.43. The largest absolute Gasteiger partial charge is 0.464 e.